The van der Waals surface area contributed by atoms with E-state index in [1.807, 2.05) is 0 Å². The van der Waals surface area contributed by atoms with E-state index in [0.717, 1.165) is 23.3 Å². The molecule has 0 radical (unpaired) electrons. The molecule has 1 aliphatic carbocycles. The molecule has 1 nitrogen and oxygen atoms in total. The van der Waals surface area contributed by atoms with Crippen molar-refractivity contribution >= 4 is 11.8 Å². The van der Waals surface area contributed by atoms with Gasteiger partial charge in [-0.3, -0.25) is 4.90 Å². The summed E-state index contributed by atoms with van der Waals surface area (Å²) in [6.07, 6.45) is 4.33. The summed E-state index contributed by atoms with van der Waals surface area (Å²) in [6, 6.07) is 1.74. The van der Waals surface area contributed by atoms with Crippen molar-refractivity contribution in [1.29, 1.82) is 0 Å². The molecule has 0 amide bonds. The summed E-state index contributed by atoms with van der Waals surface area (Å²) < 4.78 is 0. The molecule has 3 aliphatic rings. The van der Waals surface area contributed by atoms with E-state index in [2.05, 4.69) is 51.3 Å². The van der Waals surface area contributed by atoms with E-state index in [4.69, 9.17) is 0 Å². The Bertz CT molecular complexity index is 313. The zero-order valence-corrected chi connectivity index (χ0v) is 12.8. The maximum atomic E-state index is 2.91. The Morgan fingerprint density at radius 1 is 1.12 bits per heavy atom. The summed E-state index contributed by atoms with van der Waals surface area (Å²) in [5.74, 6) is 2.44. The first-order valence-corrected chi connectivity index (χ1v) is 8.24. The third-order valence-electron chi connectivity index (χ3n) is 4.93. The lowest BCUT2D eigenvalue weighted by molar-refractivity contribution is 0.0225. The number of hydrogen-bond acceptors (Lipinski definition) is 2. The normalized spacial score (nSPS) is 41.5. The van der Waals surface area contributed by atoms with Gasteiger partial charge in [0.2, 0.25) is 0 Å². The molecule has 0 spiro atoms. The molecule has 1 saturated carbocycles. The minimum absolute atomic E-state index is 0.419. The topological polar surface area (TPSA) is 3.24 Å². The van der Waals surface area contributed by atoms with Gasteiger partial charge in [-0.05, 0) is 44.4 Å². The molecule has 3 fully saturated rings. The van der Waals surface area contributed by atoms with Crippen LogP contribution in [-0.4, -0.2) is 33.5 Å². The van der Waals surface area contributed by atoms with E-state index in [-0.39, 0.29) is 0 Å². The van der Waals surface area contributed by atoms with E-state index >= 15 is 0 Å². The van der Waals surface area contributed by atoms with Gasteiger partial charge >= 0.3 is 0 Å². The van der Waals surface area contributed by atoms with Gasteiger partial charge in [0, 0.05) is 28.6 Å². The van der Waals surface area contributed by atoms with Crippen LogP contribution in [0.5, 0.6) is 0 Å². The molecule has 2 aliphatic heterocycles. The highest BCUT2D eigenvalue weighted by atomic mass is 32.2. The Labute approximate surface area is 111 Å². The first kappa shape index (κ1) is 12.3. The lowest BCUT2D eigenvalue weighted by atomic mass is 9.81. The maximum absolute atomic E-state index is 2.91. The number of nitrogens with zero attached hydrogens (tertiary/aromatic N) is 1. The zero-order chi connectivity index (χ0) is 12.4. The van der Waals surface area contributed by atoms with Gasteiger partial charge in [0.15, 0.2) is 0 Å². The second-order valence-electron chi connectivity index (χ2n) is 8.06. The third kappa shape index (κ3) is 2.28. The van der Waals surface area contributed by atoms with E-state index < -0.39 is 0 Å². The lowest BCUT2D eigenvalue weighted by Crippen LogP contribution is -2.53. The number of piperidine rings is 1. The molecule has 0 aromatic carbocycles. The smallest absolute Gasteiger partial charge is 0.0170 e. The molecule has 3 rings (SSSR count). The standard InChI is InChI=1S/C15H27NS/c1-14(2,3)13-7-10-6-12(10)16(13)15(4,5)8-11-9-17-11/h10-13H,6-9H2,1-5H3. The first-order chi connectivity index (χ1) is 7.79. The predicted octanol–water partition coefficient (Wildman–Crippen LogP) is 3.78. The van der Waals surface area contributed by atoms with E-state index in [0.29, 0.717) is 11.0 Å². The van der Waals surface area contributed by atoms with Crippen LogP contribution in [0.1, 0.15) is 53.9 Å². The average molecular weight is 253 g/mol. The van der Waals surface area contributed by atoms with Gasteiger partial charge in [-0.15, -0.1) is 0 Å². The second-order valence-corrected chi connectivity index (χ2v) is 9.39. The van der Waals surface area contributed by atoms with Crippen molar-refractivity contribution in [3.8, 4) is 0 Å². The highest BCUT2D eigenvalue weighted by Gasteiger charge is 2.58. The molecule has 98 valence electrons. The summed E-state index contributed by atoms with van der Waals surface area (Å²) in [7, 11) is 0. The number of thioether (sulfide) groups is 1. The molecule has 4 unspecified atom stereocenters. The van der Waals surface area contributed by atoms with E-state index in [1.54, 1.807) is 0 Å². The summed E-state index contributed by atoms with van der Waals surface area (Å²) in [4.78, 5) is 2.91. The molecule has 2 saturated heterocycles. The molecule has 2 heterocycles. The summed E-state index contributed by atoms with van der Waals surface area (Å²) >= 11 is 2.15. The fourth-order valence-electron chi connectivity index (χ4n) is 3.95. The maximum Gasteiger partial charge on any atom is 0.0170 e. The van der Waals surface area contributed by atoms with Gasteiger partial charge in [0.05, 0.1) is 0 Å². The van der Waals surface area contributed by atoms with Crippen LogP contribution in [0.4, 0.5) is 0 Å². The van der Waals surface area contributed by atoms with Gasteiger partial charge in [-0.1, -0.05) is 20.8 Å². The van der Waals surface area contributed by atoms with Gasteiger partial charge < -0.3 is 0 Å². The number of fused-ring (bicyclic) bond motifs is 1. The number of rotatable bonds is 3. The second kappa shape index (κ2) is 3.66. The van der Waals surface area contributed by atoms with Gasteiger partial charge in [-0.25, -0.2) is 0 Å². The fraction of sp³-hybridized carbons (Fsp3) is 1.00. The van der Waals surface area contributed by atoms with Crippen molar-refractivity contribution < 1.29 is 0 Å². The van der Waals surface area contributed by atoms with Gasteiger partial charge in [0.1, 0.15) is 0 Å². The highest BCUT2D eigenvalue weighted by molar-refractivity contribution is 8.06. The van der Waals surface area contributed by atoms with E-state index in [1.165, 1.54) is 25.0 Å². The summed E-state index contributed by atoms with van der Waals surface area (Å²) in [5.41, 5.74) is 0.864. The quantitative estimate of drug-likeness (QED) is 0.704. The van der Waals surface area contributed by atoms with Crippen LogP contribution < -0.4 is 0 Å². The Kier molecular flexibility index (Phi) is 2.66. The fourth-order valence-corrected chi connectivity index (χ4v) is 4.73. The van der Waals surface area contributed by atoms with Crippen LogP contribution >= 0.6 is 11.8 Å². The molecule has 0 N–H and O–H groups in total. The summed E-state index contributed by atoms with van der Waals surface area (Å²) in [6.45, 7) is 12.3. The predicted molar refractivity (Wildman–Crippen MR) is 76.5 cm³/mol. The van der Waals surface area contributed by atoms with Crippen molar-refractivity contribution in [1.82, 2.24) is 4.90 Å². The molecule has 4 atom stereocenters. The Hall–Kier alpha value is 0.310. The van der Waals surface area contributed by atoms with E-state index in [9.17, 15) is 0 Å². The molecule has 0 aromatic heterocycles. The minimum Gasteiger partial charge on any atom is -0.291 e. The molecular formula is C15H27NS. The lowest BCUT2D eigenvalue weighted by Gasteiger charge is -2.47. The van der Waals surface area contributed by atoms with Crippen LogP contribution in [0.2, 0.25) is 0 Å². The number of hydrogen-bond donors (Lipinski definition) is 0. The van der Waals surface area contributed by atoms with Crippen molar-refractivity contribution in [3.63, 3.8) is 0 Å². The van der Waals surface area contributed by atoms with Crippen molar-refractivity contribution in [2.45, 2.75) is 76.8 Å². The molecular weight excluding hydrogens is 226 g/mol. The average Bonchev–Trinajstić information content (AvgIpc) is 3.06. The van der Waals surface area contributed by atoms with Crippen LogP contribution in [0, 0.1) is 11.3 Å². The Balaban J connectivity index is 1.78. The zero-order valence-electron chi connectivity index (χ0n) is 12.0. The molecule has 0 aromatic rings. The van der Waals surface area contributed by atoms with Crippen molar-refractivity contribution in [2.75, 3.05) is 5.75 Å². The largest absolute Gasteiger partial charge is 0.291 e. The monoisotopic (exact) mass is 253 g/mol. The van der Waals surface area contributed by atoms with Crippen LogP contribution in [0.15, 0.2) is 0 Å². The Morgan fingerprint density at radius 2 is 1.76 bits per heavy atom. The first-order valence-electron chi connectivity index (χ1n) is 7.19. The third-order valence-corrected chi connectivity index (χ3v) is 5.90. The molecule has 0 bridgehead atoms. The summed E-state index contributed by atoms with van der Waals surface area (Å²) in [5, 5.41) is 0.961. The number of likely N-dealkylation sites (tertiary alicyclic amines) is 1. The highest BCUT2D eigenvalue weighted by Crippen LogP contribution is 2.56. The van der Waals surface area contributed by atoms with Gasteiger partial charge in [-0.2, -0.15) is 11.8 Å². The van der Waals surface area contributed by atoms with Crippen molar-refractivity contribution in [3.05, 3.63) is 0 Å². The molecule has 17 heavy (non-hydrogen) atoms. The van der Waals surface area contributed by atoms with Crippen LogP contribution in [-0.2, 0) is 0 Å². The van der Waals surface area contributed by atoms with Crippen LogP contribution in [0.3, 0.4) is 0 Å². The minimum atomic E-state index is 0.419. The van der Waals surface area contributed by atoms with Gasteiger partial charge in [0.25, 0.3) is 0 Å². The SMILES string of the molecule is CC(C)(C)C1CC2CC2N1C(C)(C)CC1CS1. The molecule has 2 heteroatoms. The van der Waals surface area contributed by atoms with Crippen LogP contribution in [0.25, 0.3) is 0 Å². The van der Waals surface area contributed by atoms with Crippen molar-refractivity contribution in [2.24, 2.45) is 11.3 Å². The Morgan fingerprint density at radius 3 is 2.29 bits per heavy atom.